The summed E-state index contributed by atoms with van der Waals surface area (Å²) in [5, 5.41) is 4.04. The lowest BCUT2D eigenvalue weighted by Gasteiger charge is -2.36. The van der Waals surface area contributed by atoms with E-state index in [0.717, 1.165) is 31.3 Å². The molecule has 1 N–H and O–H groups in total. The van der Waals surface area contributed by atoms with Gasteiger partial charge in [0.2, 0.25) is 0 Å². The number of nitrogens with one attached hydrogen (secondary N) is 1. The lowest BCUT2D eigenvalue weighted by atomic mass is 9.90. The Morgan fingerprint density at radius 3 is 2.56 bits per heavy atom. The summed E-state index contributed by atoms with van der Waals surface area (Å²) in [4.78, 5) is 7.19. The zero-order valence-corrected chi connectivity index (χ0v) is 20.5. The normalized spacial score (nSPS) is 19.7. The van der Waals surface area contributed by atoms with Crippen molar-refractivity contribution >= 4 is 51.5 Å². The topological polar surface area (TPSA) is 61.8 Å². The molecule has 0 aliphatic carbocycles. The summed E-state index contributed by atoms with van der Waals surface area (Å²) in [6, 6.07) is 0. The van der Waals surface area contributed by atoms with Crippen LogP contribution in [-0.2, 0) is 9.84 Å². The van der Waals surface area contributed by atoms with Crippen molar-refractivity contribution in [3.8, 4) is 0 Å². The molecule has 0 bridgehead atoms. The minimum Gasteiger partial charge on any atom is -0.357 e. The molecule has 0 aromatic carbocycles. The van der Waals surface area contributed by atoms with E-state index in [9.17, 15) is 8.42 Å². The van der Waals surface area contributed by atoms with Crippen LogP contribution in [0, 0.1) is 11.3 Å². The molecule has 25 heavy (non-hydrogen) atoms. The SMILES string of the molecule is CCNC(=NCC(C)(C)CCS(C)(=O)=O)N1CCSC(C(C)C)C1.I. The molecule has 5 nitrogen and oxygen atoms in total. The van der Waals surface area contributed by atoms with E-state index in [1.54, 1.807) is 0 Å². The van der Waals surface area contributed by atoms with Crippen LogP contribution in [0.15, 0.2) is 4.99 Å². The zero-order chi connectivity index (χ0) is 18.4. The predicted octanol–water partition coefficient (Wildman–Crippen LogP) is 3.10. The summed E-state index contributed by atoms with van der Waals surface area (Å²) >= 11 is 2.05. The molecule has 1 aliphatic heterocycles. The molecule has 1 fully saturated rings. The van der Waals surface area contributed by atoms with E-state index >= 15 is 0 Å². The molecule has 0 amide bonds. The predicted molar refractivity (Wildman–Crippen MR) is 122 cm³/mol. The van der Waals surface area contributed by atoms with E-state index in [-0.39, 0.29) is 35.1 Å². The molecule has 0 aromatic rings. The van der Waals surface area contributed by atoms with Crippen LogP contribution in [-0.4, -0.2) is 68.5 Å². The fraction of sp³-hybridized carbons (Fsp3) is 0.941. The number of sulfone groups is 1. The van der Waals surface area contributed by atoms with Crippen molar-refractivity contribution in [1.29, 1.82) is 0 Å². The summed E-state index contributed by atoms with van der Waals surface area (Å²) < 4.78 is 22.8. The van der Waals surface area contributed by atoms with Crippen molar-refractivity contribution in [3.63, 3.8) is 0 Å². The first-order valence-electron chi connectivity index (χ1n) is 8.86. The summed E-state index contributed by atoms with van der Waals surface area (Å²) in [5.74, 6) is 2.98. The highest BCUT2D eigenvalue weighted by molar-refractivity contribution is 14.0. The van der Waals surface area contributed by atoms with Gasteiger partial charge in [-0.25, -0.2) is 8.42 Å². The van der Waals surface area contributed by atoms with E-state index in [2.05, 4.69) is 56.6 Å². The lowest BCUT2D eigenvalue weighted by Crippen LogP contribution is -2.49. The second-order valence-electron chi connectivity index (χ2n) is 7.81. The number of hydrogen-bond donors (Lipinski definition) is 1. The average molecular weight is 506 g/mol. The standard InChI is InChI=1S/C17H35N3O2S2.HI/c1-7-18-16(20-9-10-23-15(12-20)14(2)3)19-13-17(4,5)8-11-24(6,21)22;/h14-15H,7-13H2,1-6H3,(H,18,19);1H. The third kappa shape index (κ3) is 10.3. The minimum atomic E-state index is -2.92. The third-order valence-corrected chi connectivity index (χ3v) is 6.76. The van der Waals surface area contributed by atoms with Crippen molar-refractivity contribution in [2.45, 2.75) is 46.3 Å². The van der Waals surface area contributed by atoms with Gasteiger partial charge in [-0.3, -0.25) is 4.99 Å². The third-order valence-electron chi connectivity index (χ3n) is 4.28. The molecule has 1 heterocycles. The first-order valence-corrected chi connectivity index (χ1v) is 12.0. The van der Waals surface area contributed by atoms with Gasteiger partial charge in [-0.05, 0) is 24.7 Å². The van der Waals surface area contributed by atoms with Gasteiger partial charge < -0.3 is 10.2 Å². The van der Waals surface area contributed by atoms with Gasteiger partial charge >= 0.3 is 0 Å². The molecular weight excluding hydrogens is 469 g/mol. The number of nitrogens with zero attached hydrogens (tertiary/aromatic N) is 2. The molecule has 1 aliphatic rings. The average Bonchev–Trinajstić information content (AvgIpc) is 2.49. The number of aliphatic imine (C=N–C) groups is 1. The Morgan fingerprint density at radius 2 is 2.04 bits per heavy atom. The molecule has 1 rings (SSSR count). The maximum absolute atomic E-state index is 11.4. The molecule has 1 unspecified atom stereocenters. The van der Waals surface area contributed by atoms with Gasteiger partial charge in [-0.1, -0.05) is 27.7 Å². The monoisotopic (exact) mass is 505 g/mol. The Labute approximate surface area is 176 Å². The maximum atomic E-state index is 11.4. The first kappa shape index (κ1) is 25.3. The van der Waals surface area contributed by atoms with E-state index in [1.165, 1.54) is 6.26 Å². The van der Waals surface area contributed by atoms with Crippen molar-refractivity contribution < 1.29 is 8.42 Å². The maximum Gasteiger partial charge on any atom is 0.193 e. The summed E-state index contributed by atoms with van der Waals surface area (Å²) in [6.07, 6.45) is 1.94. The van der Waals surface area contributed by atoms with E-state index in [0.29, 0.717) is 24.1 Å². The number of halogens is 1. The number of hydrogen-bond acceptors (Lipinski definition) is 4. The van der Waals surface area contributed by atoms with Crippen molar-refractivity contribution in [3.05, 3.63) is 0 Å². The quantitative estimate of drug-likeness (QED) is 0.327. The first-order chi connectivity index (χ1) is 11.0. The van der Waals surface area contributed by atoms with E-state index < -0.39 is 9.84 Å². The van der Waals surface area contributed by atoms with Crippen LogP contribution in [0.4, 0.5) is 0 Å². The second-order valence-corrected chi connectivity index (χ2v) is 11.4. The van der Waals surface area contributed by atoms with Gasteiger partial charge in [-0.2, -0.15) is 11.8 Å². The highest BCUT2D eigenvalue weighted by Gasteiger charge is 2.26. The molecule has 0 aromatic heterocycles. The summed E-state index contributed by atoms with van der Waals surface area (Å²) in [7, 11) is -2.92. The molecule has 150 valence electrons. The van der Waals surface area contributed by atoms with Crippen LogP contribution in [0.1, 0.15) is 41.0 Å². The van der Waals surface area contributed by atoms with E-state index in [4.69, 9.17) is 4.99 Å². The van der Waals surface area contributed by atoms with Crippen molar-refractivity contribution in [2.24, 2.45) is 16.3 Å². The van der Waals surface area contributed by atoms with Crippen LogP contribution >= 0.6 is 35.7 Å². The highest BCUT2D eigenvalue weighted by Crippen LogP contribution is 2.25. The highest BCUT2D eigenvalue weighted by atomic mass is 127. The number of rotatable bonds is 7. The zero-order valence-electron chi connectivity index (χ0n) is 16.5. The molecule has 0 saturated carbocycles. The molecule has 0 spiro atoms. The summed E-state index contributed by atoms with van der Waals surface area (Å²) in [6.45, 7) is 14.4. The number of guanidine groups is 1. The van der Waals surface area contributed by atoms with Gasteiger partial charge in [0.05, 0.1) is 5.75 Å². The number of thioether (sulfide) groups is 1. The Morgan fingerprint density at radius 1 is 1.40 bits per heavy atom. The van der Waals surface area contributed by atoms with Crippen molar-refractivity contribution in [2.75, 3.05) is 43.9 Å². The largest absolute Gasteiger partial charge is 0.357 e. The van der Waals surface area contributed by atoms with Gasteiger partial charge in [0, 0.05) is 43.4 Å². The van der Waals surface area contributed by atoms with Crippen LogP contribution in [0.3, 0.4) is 0 Å². The Kier molecular flexibility index (Phi) is 11.3. The fourth-order valence-corrected chi connectivity index (χ4v) is 4.75. The molecule has 8 heteroatoms. The van der Waals surface area contributed by atoms with Crippen LogP contribution in [0.5, 0.6) is 0 Å². The fourth-order valence-electron chi connectivity index (χ4n) is 2.53. The van der Waals surface area contributed by atoms with Gasteiger partial charge in [0.15, 0.2) is 5.96 Å². The van der Waals surface area contributed by atoms with Crippen LogP contribution < -0.4 is 5.32 Å². The van der Waals surface area contributed by atoms with Gasteiger partial charge in [-0.15, -0.1) is 24.0 Å². The Bertz CT molecular complexity index is 522. The van der Waals surface area contributed by atoms with E-state index in [1.807, 2.05) is 0 Å². The lowest BCUT2D eigenvalue weighted by molar-refractivity contribution is 0.351. The second kappa shape index (κ2) is 11.2. The van der Waals surface area contributed by atoms with Gasteiger partial charge in [0.1, 0.15) is 9.84 Å². The summed E-state index contributed by atoms with van der Waals surface area (Å²) in [5.41, 5.74) is -0.119. The van der Waals surface area contributed by atoms with Gasteiger partial charge in [0.25, 0.3) is 0 Å². The van der Waals surface area contributed by atoms with Crippen LogP contribution in [0.25, 0.3) is 0 Å². The minimum absolute atomic E-state index is 0. The molecule has 0 radical (unpaired) electrons. The Hall–Kier alpha value is 0.300. The van der Waals surface area contributed by atoms with Crippen molar-refractivity contribution in [1.82, 2.24) is 10.2 Å². The molecule has 1 atom stereocenters. The van der Waals surface area contributed by atoms with Crippen LogP contribution in [0.2, 0.25) is 0 Å². The Balaban J connectivity index is 0.00000576. The molecule has 1 saturated heterocycles. The smallest absolute Gasteiger partial charge is 0.193 e. The molecular formula is C17H36IN3O2S2.